The first kappa shape index (κ1) is 25.3. The van der Waals surface area contributed by atoms with Crippen molar-refractivity contribution in [3.05, 3.63) is 87.7 Å². The van der Waals surface area contributed by atoms with Gasteiger partial charge in [-0.1, -0.05) is 35.3 Å². The van der Waals surface area contributed by atoms with Crippen molar-refractivity contribution in [1.29, 1.82) is 0 Å². The zero-order valence-electron chi connectivity index (χ0n) is 17.7. The van der Waals surface area contributed by atoms with Gasteiger partial charge >= 0.3 is 6.18 Å². The van der Waals surface area contributed by atoms with Crippen molar-refractivity contribution >= 4 is 40.8 Å². The first-order valence-electron chi connectivity index (χ1n) is 9.92. The van der Waals surface area contributed by atoms with E-state index >= 15 is 0 Å². The molecule has 36 heavy (non-hydrogen) atoms. The second-order valence-corrected chi connectivity index (χ2v) is 7.88. The van der Waals surface area contributed by atoms with E-state index in [1.165, 1.54) is 30.5 Å². The summed E-state index contributed by atoms with van der Waals surface area (Å²) in [4.78, 5) is 16.3. The van der Waals surface area contributed by atoms with Gasteiger partial charge in [0.15, 0.2) is 5.82 Å². The fourth-order valence-electron chi connectivity index (χ4n) is 2.93. The van der Waals surface area contributed by atoms with Gasteiger partial charge in [0.1, 0.15) is 16.8 Å². The molecular formula is C22H12Cl2F5N7. The van der Waals surface area contributed by atoms with Gasteiger partial charge in [-0.25, -0.2) is 13.8 Å². The standard InChI is InChI=1S/C22H12Cl2F5N7/c23-14-2-1-3-15(25)18(14)19-33-20(32-12-5-7-17(24)30-10-12)35-21(34-19)36-31-9-11-4-6-13(16(26)8-11)22(27,28)29/h1-8,10H,9H2,(H,32,33,34,35). The van der Waals surface area contributed by atoms with E-state index in [0.29, 0.717) is 17.8 Å². The lowest BCUT2D eigenvalue weighted by Gasteiger charge is -2.09. The quantitative estimate of drug-likeness (QED) is 0.155. The lowest BCUT2D eigenvalue weighted by molar-refractivity contribution is -0.140. The van der Waals surface area contributed by atoms with E-state index in [-0.39, 0.29) is 45.6 Å². The van der Waals surface area contributed by atoms with E-state index < -0.39 is 23.4 Å². The zero-order chi connectivity index (χ0) is 25.9. The minimum Gasteiger partial charge on any atom is -0.323 e. The molecule has 14 heteroatoms. The van der Waals surface area contributed by atoms with Crippen LogP contribution in [0.3, 0.4) is 0 Å². The molecule has 0 atom stereocenters. The molecule has 0 aliphatic carbocycles. The largest absolute Gasteiger partial charge is 0.419 e. The number of nitrogens with one attached hydrogen (secondary N) is 1. The molecule has 0 saturated carbocycles. The van der Waals surface area contributed by atoms with Gasteiger partial charge < -0.3 is 5.32 Å². The molecule has 4 aromatic rings. The highest BCUT2D eigenvalue weighted by Gasteiger charge is 2.33. The second kappa shape index (κ2) is 10.5. The summed E-state index contributed by atoms with van der Waals surface area (Å²) >= 11 is 11.9. The maximum absolute atomic E-state index is 14.5. The average molecular weight is 540 g/mol. The SMILES string of the molecule is Fc1cc(CN=Nc2nc(Nc3ccc(Cl)nc3)nc(-c3c(F)cccc3Cl)n2)ccc1C(F)(F)F. The molecule has 0 bridgehead atoms. The molecule has 0 amide bonds. The van der Waals surface area contributed by atoms with Crippen molar-refractivity contribution in [2.45, 2.75) is 12.7 Å². The third-order valence-corrected chi connectivity index (χ3v) is 5.08. The predicted octanol–water partition coefficient (Wildman–Crippen LogP) is 7.56. The first-order valence-corrected chi connectivity index (χ1v) is 10.7. The molecule has 0 saturated heterocycles. The Balaban J connectivity index is 1.65. The van der Waals surface area contributed by atoms with Crippen molar-refractivity contribution in [2.24, 2.45) is 10.2 Å². The predicted molar refractivity (Wildman–Crippen MR) is 122 cm³/mol. The lowest BCUT2D eigenvalue weighted by atomic mass is 10.1. The molecule has 2 aromatic carbocycles. The van der Waals surface area contributed by atoms with Crippen LogP contribution in [-0.4, -0.2) is 19.9 Å². The first-order chi connectivity index (χ1) is 17.1. The van der Waals surface area contributed by atoms with E-state index in [4.69, 9.17) is 23.2 Å². The van der Waals surface area contributed by atoms with Gasteiger partial charge in [0.05, 0.1) is 34.6 Å². The fraction of sp³-hybridized carbons (Fsp3) is 0.0909. The van der Waals surface area contributed by atoms with Gasteiger partial charge in [0.2, 0.25) is 5.95 Å². The fourth-order valence-corrected chi connectivity index (χ4v) is 3.29. The third kappa shape index (κ3) is 6.07. The van der Waals surface area contributed by atoms with E-state index in [1.807, 2.05) is 0 Å². The summed E-state index contributed by atoms with van der Waals surface area (Å²) in [5, 5.41) is 10.8. The molecule has 0 radical (unpaired) electrons. The highest BCUT2D eigenvalue weighted by Crippen LogP contribution is 2.32. The van der Waals surface area contributed by atoms with Crippen LogP contribution in [0.5, 0.6) is 0 Å². The smallest absolute Gasteiger partial charge is 0.323 e. The number of anilines is 2. The molecule has 0 aliphatic rings. The van der Waals surface area contributed by atoms with Crippen LogP contribution in [0.1, 0.15) is 11.1 Å². The molecule has 7 nitrogen and oxygen atoms in total. The minimum absolute atomic E-state index is 0.0310. The molecule has 184 valence electrons. The van der Waals surface area contributed by atoms with E-state index in [1.54, 1.807) is 6.07 Å². The lowest BCUT2D eigenvalue weighted by Crippen LogP contribution is -2.08. The molecule has 2 aromatic heterocycles. The highest BCUT2D eigenvalue weighted by atomic mass is 35.5. The molecule has 4 rings (SSSR count). The van der Waals surface area contributed by atoms with Gasteiger partial charge in [-0.2, -0.15) is 33.2 Å². The van der Waals surface area contributed by atoms with Crippen LogP contribution in [0, 0.1) is 11.6 Å². The normalized spacial score (nSPS) is 11.8. The summed E-state index contributed by atoms with van der Waals surface area (Å²) in [6, 6.07) is 9.53. The van der Waals surface area contributed by atoms with Crippen LogP contribution in [-0.2, 0) is 12.7 Å². The Morgan fingerprint density at radius 3 is 2.39 bits per heavy atom. The zero-order valence-corrected chi connectivity index (χ0v) is 19.2. The number of alkyl halides is 3. The number of aromatic nitrogens is 4. The van der Waals surface area contributed by atoms with Gasteiger partial charge in [-0.05, 0) is 42.0 Å². The number of rotatable bonds is 6. The Hall–Kier alpha value is -3.77. The van der Waals surface area contributed by atoms with Gasteiger partial charge in [0, 0.05) is 0 Å². The van der Waals surface area contributed by atoms with Crippen molar-refractivity contribution in [2.75, 3.05) is 5.32 Å². The monoisotopic (exact) mass is 539 g/mol. The number of halogens is 7. The highest BCUT2D eigenvalue weighted by molar-refractivity contribution is 6.33. The molecule has 0 fully saturated rings. The van der Waals surface area contributed by atoms with Crippen molar-refractivity contribution in [3.63, 3.8) is 0 Å². The van der Waals surface area contributed by atoms with Crippen LogP contribution < -0.4 is 5.32 Å². The maximum Gasteiger partial charge on any atom is 0.419 e. The Bertz CT molecular complexity index is 1410. The summed E-state index contributed by atoms with van der Waals surface area (Å²) in [5.41, 5.74) is -0.930. The van der Waals surface area contributed by atoms with Crippen LogP contribution in [0.2, 0.25) is 10.2 Å². The summed E-state index contributed by atoms with van der Waals surface area (Å²) < 4.78 is 66.5. The Labute approximate surface area is 210 Å². The van der Waals surface area contributed by atoms with Crippen LogP contribution in [0.15, 0.2) is 65.0 Å². The van der Waals surface area contributed by atoms with Crippen LogP contribution >= 0.6 is 23.2 Å². The van der Waals surface area contributed by atoms with E-state index in [2.05, 4.69) is 35.5 Å². The molecule has 1 N–H and O–H groups in total. The Morgan fingerprint density at radius 1 is 0.917 bits per heavy atom. The van der Waals surface area contributed by atoms with Crippen molar-refractivity contribution < 1.29 is 22.0 Å². The van der Waals surface area contributed by atoms with Gasteiger partial charge in [-0.15, -0.1) is 5.11 Å². The molecule has 2 heterocycles. The van der Waals surface area contributed by atoms with Crippen LogP contribution in [0.25, 0.3) is 11.4 Å². The number of hydrogen-bond acceptors (Lipinski definition) is 7. The van der Waals surface area contributed by atoms with Crippen molar-refractivity contribution in [3.8, 4) is 11.4 Å². The van der Waals surface area contributed by atoms with Crippen molar-refractivity contribution in [1.82, 2.24) is 19.9 Å². The molecule has 0 unspecified atom stereocenters. The molecule has 0 aliphatic heterocycles. The van der Waals surface area contributed by atoms with Gasteiger partial charge in [-0.3, -0.25) is 0 Å². The van der Waals surface area contributed by atoms with Gasteiger partial charge in [0.25, 0.3) is 5.95 Å². The summed E-state index contributed by atoms with van der Waals surface area (Å²) in [6.45, 7) is -0.277. The topological polar surface area (TPSA) is 88.3 Å². The number of hydrogen-bond donors (Lipinski definition) is 1. The summed E-state index contributed by atoms with van der Waals surface area (Å²) in [6.07, 6.45) is -3.41. The van der Waals surface area contributed by atoms with E-state index in [0.717, 1.165) is 6.07 Å². The number of benzene rings is 2. The maximum atomic E-state index is 14.5. The Kier molecular flexibility index (Phi) is 7.36. The van der Waals surface area contributed by atoms with E-state index in [9.17, 15) is 22.0 Å². The Morgan fingerprint density at radius 2 is 1.72 bits per heavy atom. The number of nitrogens with zero attached hydrogens (tertiary/aromatic N) is 6. The second-order valence-electron chi connectivity index (χ2n) is 7.09. The minimum atomic E-state index is -4.82. The third-order valence-electron chi connectivity index (χ3n) is 4.55. The summed E-state index contributed by atoms with van der Waals surface area (Å²) in [7, 11) is 0. The molecule has 0 spiro atoms. The van der Waals surface area contributed by atoms with Crippen LogP contribution in [0.4, 0.5) is 39.5 Å². The number of pyridine rings is 1. The number of azo groups is 1. The molecular weight excluding hydrogens is 528 g/mol. The average Bonchev–Trinajstić information content (AvgIpc) is 2.80. The summed E-state index contributed by atoms with van der Waals surface area (Å²) in [5.74, 6) is -2.62.